The largest absolute Gasteiger partial charge is 0.355 e. The van der Waals surface area contributed by atoms with Crippen molar-refractivity contribution in [3.05, 3.63) is 102 Å². The lowest BCUT2D eigenvalue weighted by Crippen LogP contribution is -2.31. The highest BCUT2D eigenvalue weighted by Crippen LogP contribution is 2.24. The van der Waals surface area contributed by atoms with Gasteiger partial charge >= 0.3 is 0 Å². The second kappa shape index (κ2) is 8.53. The van der Waals surface area contributed by atoms with E-state index in [0.717, 1.165) is 35.1 Å². The number of nitrogens with zero attached hydrogens (tertiary/aromatic N) is 2. The molecule has 0 aliphatic rings. The fourth-order valence-corrected chi connectivity index (χ4v) is 3.54. The summed E-state index contributed by atoms with van der Waals surface area (Å²) in [5.74, 6) is -0.260. The normalized spacial score (nSPS) is 11.0. The molecular weight excluding hydrogens is 346 g/mol. The quantitative estimate of drug-likeness (QED) is 0.492. The van der Waals surface area contributed by atoms with Crippen molar-refractivity contribution < 1.29 is 4.79 Å². The lowest BCUT2D eigenvalue weighted by atomic mass is 9.90. The Labute approximate surface area is 164 Å². The number of carbonyl (C=O) groups is 1. The Morgan fingerprint density at radius 3 is 2.14 bits per heavy atom. The Bertz CT molecular complexity index is 1000. The number of aromatic nitrogens is 2. The van der Waals surface area contributed by atoms with Crippen molar-refractivity contribution in [1.29, 1.82) is 0 Å². The van der Waals surface area contributed by atoms with E-state index in [9.17, 15) is 4.79 Å². The van der Waals surface area contributed by atoms with Crippen LogP contribution in [0.3, 0.4) is 0 Å². The monoisotopic (exact) mass is 369 g/mol. The molecule has 4 heteroatoms. The van der Waals surface area contributed by atoms with Gasteiger partial charge in [0.25, 0.3) is 0 Å². The molecule has 0 spiro atoms. The number of carbonyl (C=O) groups excluding carboxylic acids is 1. The van der Waals surface area contributed by atoms with Crippen LogP contribution in [0.2, 0.25) is 0 Å². The molecule has 28 heavy (non-hydrogen) atoms. The van der Waals surface area contributed by atoms with Gasteiger partial charge in [-0.25, -0.2) is 4.98 Å². The first-order chi connectivity index (χ1) is 13.8. The van der Waals surface area contributed by atoms with Gasteiger partial charge in [0.05, 0.1) is 23.3 Å². The van der Waals surface area contributed by atoms with E-state index < -0.39 is 0 Å². The van der Waals surface area contributed by atoms with E-state index in [0.29, 0.717) is 6.54 Å². The highest BCUT2D eigenvalue weighted by molar-refractivity contribution is 5.87. The van der Waals surface area contributed by atoms with E-state index in [1.807, 2.05) is 85.2 Å². The average molecular weight is 369 g/mol. The number of aryl methyl sites for hydroxylation is 1. The molecule has 140 valence electrons. The van der Waals surface area contributed by atoms with Gasteiger partial charge in [0.1, 0.15) is 0 Å². The molecule has 0 radical (unpaired) electrons. The first-order valence-corrected chi connectivity index (χ1v) is 9.60. The molecule has 4 rings (SSSR count). The highest BCUT2D eigenvalue weighted by Gasteiger charge is 2.21. The number of benzene rings is 3. The van der Waals surface area contributed by atoms with Gasteiger partial charge in [-0.1, -0.05) is 72.8 Å². The average Bonchev–Trinajstić information content (AvgIpc) is 3.16. The maximum absolute atomic E-state index is 13.0. The van der Waals surface area contributed by atoms with Crippen molar-refractivity contribution in [3.8, 4) is 0 Å². The third kappa shape index (κ3) is 3.96. The maximum atomic E-state index is 13.0. The van der Waals surface area contributed by atoms with Gasteiger partial charge in [-0.2, -0.15) is 0 Å². The molecule has 0 aliphatic heterocycles. The highest BCUT2D eigenvalue weighted by atomic mass is 16.1. The first-order valence-electron chi connectivity index (χ1n) is 9.60. The summed E-state index contributed by atoms with van der Waals surface area (Å²) in [4.78, 5) is 17.4. The van der Waals surface area contributed by atoms with E-state index in [4.69, 9.17) is 0 Å². The van der Waals surface area contributed by atoms with Gasteiger partial charge in [-0.05, 0) is 29.7 Å². The van der Waals surface area contributed by atoms with Gasteiger partial charge in [0.15, 0.2) is 0 Å². The van der Waals surface area contributed by atoms with Crippen molar-refractivity contribution in [1.82, 2.24) is 14.9 Å². The number of fused-ring (bicyclic) bond motifs is 1. The maximum Gasteiger partial charge on any atom is 0.232 e. The van der Waals surface area contributed by atoms with Crippen LogP contribution in [0, 0.1) is 0 Å². The van der Waals surface area contributed by atoms with Crippen LogP contribution in [-0.2, 0) is 11.3 Å². The molecule has 1 N–H and O–H groups in total. The minimum absolute atomic E-state index is 0.0351. The Balaban J connectivity index is 1.41. The molecule has 0 fully saturated rings. The Morgan fingerprint density at radius 2 is 1.46 bits per heavy atom. The van der Waals surface area contributed by atoms with Crippen LogP contribution < -0.4 is 5.32 Å². The van der Waals surface area contributed by atoms with E-state index in [-0.39, 0.29) is 11.8 Å². The number of rotatable bonds is 7. The lowest BCUT2D eigenvalue weighted by Gasteiger charge is -2.18. The molecule has 0 atom stereocenters. The van der Waals surface area contributed by atoms with E-state index in [1.165, 1.54) is 0 Å². The number of imidazole rings is 1. The fraction of sp³-hybridized carbons (Fsp3) is 0.167. The Morgan fingerprint density at radius 1 is 0.857 bits per heavy atom. The fourth-order valence-electron chi connectivity index (χ4n) is 3.54. The van der Waals surface area contributed by atoms with Gasteiger partial charge in [0, 0.05) is 13.1 Å². The van der Waals surface area contributed by atoms with Gasteiger partial charge in [-0.15, -0.1) is 0 Å². The minimum Gasteiger partial charge on any atom is -0.355 e. The number of hydrogen-bond donors (Lipinski definition) is 1. The molecule has 0 aliphatic carbocycles. The van der Waals surface area contributed by atoms with Crippen LogP contribution in [0.25, 0.3) is 11.0 Å². The SMILES string of the molecule is O=C(NCCCn1cnc2ccccc21)C(c1ccccc1)c1ccccc1. The topological polar surface area (TPSA) is 46.9 Å². The van der Waals surface area contributed by atoms with Crippen LogP contribution in [0.1, 0.15) is 23.5 Å². The molecule has 4 nitrogen and oxygen atoms in total. The first kappa shape index (κ1) is 18.0. The summed E-state index contributed by atoms with van der Waals surface area (Å²) in [6, 6.07) is 28.0. The number of hydrogen-bond acceptors (Lipinski definition) is 2. The van der Waals surface area contributed by atoms with Crippen molar-refractivity contribution in [2.45, 2.75) is 18.9 Å². The smallest absolute Gasteiger partial charge is 0.232 e. The molecule has 0 saturated carbocycles. The Hall–Kier alpha value is -3.40. The number of nitrogens with one attached hydrogen (secondary N) is 1. The lowest BCUT2D eigenvalue weighted by molar-refractivity contribution is -0.121. The van der Waals surface area contributed by atoms with Crippen LogP contribution in [-0.4, -0.2) is 22.0 Å². The summed E-state index contributed by atoms with van der Waals surface area (Å²) in [6.45, 7) is 1.45. The molecule has 0 bridgehead atoms. The third-order valence-corrected chi connectivity index (χ3v) is 4.93. The predicted octanol–water partition coefficient (Wildman–Crippen LogP) is 4.37. The zero-order valence-electron chi connectivity index (χ0n) is 15.7. The van der Waals surface area contributed by atoms with Crippen LogP contribution >= 0.6 is 0 Å². The third-order valence-electron chi connectivity index (χ3n) is 4.93. The molecular formula is C24H23N3O. The summed E-state index contributed by atoms with van der Waals surface area (Å²) >= 11 is 0. The van der Waals surface area contributed by atoms with E-state index in [1.54, 1.807) is 0 Å². The Kier molecular flexibility index (Phi) is 5.48. The van der Waals surface area contributed by atoms with Crippen molar-refractivity contribution in [3.63, 3.8) is 0 Å². The van der Waals surface area contributed by atoms with Crippen LogP contribution in [0.4, 0.5) is 0 Å². The van der Waals surface area contributed by atoms with Crippen LogP contribution in [0.15, 0.2) is 91.3 Å². The van der Waals surface area contributed by atoms with Crippen molar-refractivity contribution in [2.24, 2.45) is 0 Å². The zero-order valence-corrected chi connectivity index (χ0v) is 15.7. The number of amides is 1. The summed E-state index contributed by atoms with van der Waals surface area (Å²) in [6.07, 6.45) is 2.71. The van der Waals surface area contributed by atoms with Crippen molar-refractivity contribution >= 4 is 16.9 Å². The summed E-state index contributed by atoms with van der Waals surface area (Å²) in [5.41, 5.74) is 4.14. The van der Waals surface area contributed by atoms with Crippen LogP contribution in [0.5, 0.6) is 0 Å². The molecule has 0 saturated heterocycles. The molecule has 0 unspecified atom stereocenters. The number of para-hydroxylation sites is 2. The van der Waals surface area contributed by atoms with E-state index >= 15 is 0 Å². The van der Waals surface area contributed by atoms with Gasteiger partial charge in [-0.3, -0.25) is 4.79 Å². The summed E-state index contributed by atoms with van der Waals surface area (Å²) < 4.78 is 2.13. The second-order valence-electron chi connectivity index (χ2n) is 6.83. The molecule has 1 heterocycles. The van der Waals surface area contributed by atoms with Crippen molar-refractivity contribution in [2.75, 3.05) is 6.54 Å². The molecule has 1 amide bonds. The summed E-state index contributed by atoms with van der Waals surface area (Å²) in [5, 5.41) is 3.12. The predicted molar refractivity (Wildman–Crippen MR) is 112 cm³/mol. The zero-order chi connectivity index (χ0) is 19.2. The standard InChI is InChI=1S/C24H23N3O/c28-24(23(19-10-3-1-4-11-19)20-12-5-2-6-13-20)25-16-9-17-27-18-26-21-14-7-8-15-22(21)27/h1-8,10-15,18,23H,9,16-17H2,(H,25,28). The second-order valence-corrected chi connectivity index (χ2v) is 6.83. The van der Waals surface area contributed by atoms with E-state index in [2.05, 4.69) is 20.9 Å². The minimum atomic E-state index is -0.295. The van der Waals surface area contributed by atoms with Gasteiger partial charge in [0.2, 0.25) is 5.91 Å². The molecule has 4 aromatic rings. The van der Waals surface area contributed by atoms with Gasteiger partial charge < -0.3 is 9.88 Å². The molecule has 1 aromatic heterocycles. The summed E-state index contributed by atoms with van der Waals surface area (Å²) in [7, 11) is 0. The molecule has 3 aromatic carbocycles.